The van der Waals surface area contributed by atoms with Crippen molar-refractivity contribution in [3.63, 3.8) is 0 Å². The zero-order valence-electron chi connectivity index (χ0n) is 11.2. The van der Waals surface area contributed by atoms with E-state index in [4.69, 9.17) is 4.74 Å². The third kappa shape index (κ3) is 5.28. The molecule has 3 nitrogen and oxygen atoms in total. The summed E-state index contributed by atoms with van der Waals surface area (Å²) in [7, 11) is 4.29. The van der Waals surface area contributed by atoms with Crippen molar-refractivity contribution >= 4 is 0 Å². The quantitative estimate of drug-likeness (QED) is 0.672. The number of nitrogens with one attached hydrogen (secondary N) is 1. The Hall–Kier alpha value is -0.120. The third-order valence-electron chi connectivity index (χ3n) is 3.69. The Labute approximate surface area is 101 Å². The monoisotopic (exact) mass is 228 g/mol. The lowest BCUT2D eigenvalue weighted by atomic mass is 9.99. The highest BCUT2D eigenvalue weighted by Crippen LogP contribution is 2.17. The number of hydrogen-bond donors (Lipinski definition) is 1. The Morgan fingerprint density at radius 2 is 2.06 bits per heavy atom. The summed E-state index contributed by atoms with van der Waals surface area (Å²) in [6.07, 6.45) is 5.05. The first kappa shape index (κ1) is 13.9. The zero-order valence-corrected chi connectivity index (χ0v) is 11.2. The van der Waals surface area contributed by atoms with Crippen LogP contribution in [0.4, 0.5) is 0 Å². The van der Waals surface area contributed by atoms with Crippen LogP contribution >= 0.6 is 0 Å². The Bertz CT molecular complexity index is 169. The van der Waals surface area contributed by atoms with Crippen LogP contribution < -0.4 is 5.32 Å². The molecule has 1 heterocycles. The van der Waals surface area contributed by atoms with E-state index in [1.165, 1.54) is 32.2 Å². The van der Waals surface area contributed by atoms with Crippen molar-refractivity contribution in [1.29, 1.82) is 0 Å². The molecule has 1 aliphatic rings. The summed E-state index contributed by atoms with van der Waals surface area (Å²) in [5, 5.41) is 3.21. The van der Waals surface area contributed by atoms with Crippen molar-refractivity contribution in [3.05, 3.63) is 0 Å². The van der Waals surface area contributed by atoms with Gasteiger partial charge >= 0.3 is 0 Å². The van der Waals surface area contributed by atoms with Crippen LogP contribution in [0.25, 0.3) is 0 Å². The van der Waals surface area contributed by atoms with Crippen molar-refractivity contribution in [2.45, 2.75) is 38.6 Å². The molecule has 0 bridgehead atoms. The van der Waals surface area contributed by atoms with E-state index in [9.17, 15) is 0 Å². The van der Waals surface area contributed by atoms with Crippen LogP contribution in [-0.4, -0.2) is 51.3 Å². The van der Waals surface area contributed by atoms with Crippen LogP contribution in [0.2, 0.25) is 0 Å². The maximum Gasteiger partial charge on any atom is 0.0469 e. The number of ether oxygens (including phenoxy) is 1. The minimum absolute atomic E-state index is 0.705. The first-order valence-electron chi connectivity index (χ1n) is 6.66. The van der Waals surface area contributed by atoms with Crippen LogP contribution in [0.5, 0.6) is 0 Å². The van der Waals surface area contributed by atoms with E-state index in [-0.39, 0.29) is 0 Å². The van der Waals surface area contributed by atoms with Crippen molar-refractivity contribution in [1.82, 2.24) is 10.2 Å². The second-order valence-corrected chi connectivity index (χ2v) is 5.09. The van der Waals surface area contributed by atoms with Gasteiger partial charge in [0.15, 0.2) is 0 Å². The van der Waals surface area contributed by atoms with Gasteiger partial charge in [0.2, 0.25) is 0 Å². The predicted molar refractivity (Wildman–Crippen MR) is 68.8 cm³/mol. The van der Waals surface area contributed by atoms with Crippen LogP contribution in [0.3, 0.4) is 0 Å². The van der Waals surface area contributed by atoms with Gasteiger partial charge in [0.05, 0.1) is 0 Å². The lowest BCUT2D eigenvalue weighted by Gasteiger charge is -2.31. The van der Waals surface area contributed by atoms with Crippen LogP contribution in [0.1, 0.15) is 32.6 Å². The fourth-order valence-corrected chi connectivity index (χ4v) is 2.31. The maximum atomic E-state index is 5.39. The highest BCUT2D eigenvalue weighted by Gasteiger charge is 2.18. The van der Waals surface area contributed by atoms with Gasteiger partial charge in [-0.3, -0.25) is 0 Å². The minimum atomic E-state index is 0.705. The van der Waals surface area contributed by atoms with E-state index in [1.54, 1.807) is 0 Å². The molecule has 0 amide bonds. The lowest BCUT2D eigenvalue weighted by Crippen LogP contribution is -2.36. The van der Waals surface area contributed by atoms with E-state index in [0.717, 1.165) is 25.7 Å². The largest absolute Gasteiger partial charge is 0.381 e. The number of nitrogens with zero attached hydrogens (tertiary/aromatic N) is 1. The van der Waals surface area contributed by atoms with Crippen molar-refractivity contribution in [2.75, 3.05) is 40.4 Å². The predicted octanol–water partition coefficient (Wildman–Crippen LogP) is 1.73. The fraction of sp³-hybridized carbons (Fsp3) is 1.00. The van der Waals surface area contributed by atoms with Gasteiger partial charge in [-0.15, -0.1) is 0 Å². The molecule has 1 fully saturated rings. The molecular weight excluding hydrogens is 200 g/mol. The topological polar surface area (TPSA) is 24.5 Å². The van der Waals surface area contributed by atoms with Gasteiger partial charge in [-0.2, -0.15) is 0 Å². The van der Waals surface area contributed by atoms with Crippen molar-refractivity contribution < 1.29 is 4.74 Å². The SMILES string of the molecule is CNCCCC(C)N(C)CC1CCOCC1. The van der Waals surface area contributed by atoms with Gasteiger partial charge in [0, 0.05) is 25.8 Å². The number of rotatable bonds is 7. The Morgan fingerprint density at radius 1 is 1.38 bits per heavy atom. The Kier molecular flexibility index (Phi) is 7.01. The molecule has 1 saturated heterocycles. The third-order valence-corrected chi connectivity index (χ3v) is 3.69. The summed E-state index contributed by atoms with van der Waals surface area (Å²) >= 11 is 0. The van der Waals surface area contributed by atoms with Gasteiger partial charge in [0.25, 0.3) is 0 Å². The molecule has 1 unspecified atom stereocenters. The normalized spacial score (nSPS) is 20.2. The Balaban J connectivity index is 2.14. The molecule has 0 aromatic carbocycles. The van der Waals surface area contributed by atoms with Crippen molar-refractivity contribution in [2.24, 2.45) is 5.92 Å². The molecule has 16 heavy (non-hydrogen) atoms. The average Bonchev–Trinajstić information content (AvgIpc) is 2.30. The second kappa shape index (κ2) is 8.04. The highest BCUT2D eigenvalue weighted by molar-refractivity contribution is 4.71. The molecule has 0 spiro atoms. The lowest BCUT2D eigenvalue weighted by molar-refractivity contribution is 0.0507. The van der Waals surface area contributed by atoms with E-state index in [1.807, 2.05) is 7.05 Å². The minimum Gasteiger partial charge on any atom is -0.381 e. The fourth-order valence-electron chi connectivity index (χ4n) is 2.31. The molecule has 1 atom stereocenters. The summed E-state index contributed by atoms with van der Waals surface area (Å²) < 4.78 is 5.39. The van der Waals surface area contributed by atoms with E-state index >= 15 is 0 Å². The molecule has 0 radical (unpaired) electrons. The summed E-state index contributed by atoms with van der Waals surface area (Å²) in [5.41, 5.74) is 0. The molecular formula is C13H28N2O. The van der Waals surface area contributed by atoms with E-state index in [0.29, 0.717) is 6.04 Å². The standard InChI is InChI=1S/C13H28N2O/c1-12(5-4-8-14-2)15(3)11-13-6-9-16-10-7-13/h12-14H,4-11H2,1-3H3. The molecule has 96 valence electrons. The van der Waals surface area contributed by atoms with Gasteiger partial charge in [-0.25, -0.2) is 0 Å². The van der Waals surface area contributed by atoms with Gasteiger partial charge in [0.1, 0.15) is 0 Å². The summed E-state index contributed by atoms with van der Waals surface area (Å²) in [6.45, 7) is 6.65. The van der Waals surface area contributed by atoms with E-state index in [2.05, 4.69) is 24.2 Å². The molecule has 0 aliphatic carbocycles. The first-order valence-corrected chi connectivity index (χ1v) is 6.66. The molecule has 1 N–H and O–H groups in total. The highest BCUT2D eigenvalue weighted by atomic mass is 16.5. The van der Waals surface area contributed by atoms with Gasteiger partial charge in [-0.1, -0.05) is 0 Å². The number of hydrogen-bond acceptors (Lipinski definition) is 3. The summed E-state index contributed by atoms with van der Waals surface area (Å²) in [4.78, 5) is 2.52. The maximum absolute atomic E-state index is 5.39. The average molecular weight is 228 g/mol. The smallest absolute Gasteiger partial charge is 0.0469 e. The van der Waals surface area contributed by atoms with E-state index < -0.39 is 0 Å². The molecule has 0 aromatic heterocycles. The second-order valence-electron chi connectivity index (χ2n) is 5.09. The summed E-state index contributed by atoms with van der Waals surface area (Å²) in [5.74, 6) is 0.852. The Morgan fingerprint density at radius 3 is 2.69 bits per heavy atom. The molecule has 3 heteroatoms. The molecule has 1 aliphatic heterocycles. The van der Waals surface area contributed by atoms with Crippen LogP contribution in [-0.2, 0) is 4.74 Å². The molecule has 1 rings (SSSR count). The van der Waals surface area contributed by atoms with Crippen LogP contribution in [0, 0.1) is 5.92 Å². The van der Waals surface area contributed by atoms with Crippen LogP contribution in [0.15, 0.2) is 0 Å². The van der Waals surface area contributed by atoms with Crippen molar-refractivity contribution in [3.8, 4) is 0 Å². The zero-order chi connectivity index (χ0) is 11.8. The van der Waals surface area contributed by atoms with Gasteiger partial charge in [-0.05, 0) is 59.2 Å². The summed E-state index contributed by atoms with van der Waals surface area (Å²) in [6, 6.07) is 0.705. The first-order chi connectivity index (χ1) is 7.74. The van der Waals surface area contributed by atoms with Gasteiger partial charge < -0.3 is 15.0 Å². The molecule has 0 aromatic rings. The molecule has 0 saturated carbocycles.